The molecule has 144 valence electrons. The minimum absolute atomic E-state index is 0.181. The molecular weight excluding hydrogens is 362 g/mol. The van der Waals surface area contributed by atoms with Crippen LogP contribution in [0.4, 0.5) is 11.4 Å². The van der Waals surface area contributed by atoms with Crippen LogP contribution >= 0.6 is 0 Å². The maximum atomic E-state index is 12.5. The van der Waals surface area contributed by atoms with Crippen LogP contribution in [0.2, 0.25) is 0 Å². The molecule has 6 nitrogen and oxygen atoms in total. The molecule has 0 unspecified atom stereocenters. The number of carbonyl (C=O) groups is 1. The lowest BCUT2D eigenvalue weighted by Crippen LogP contribution is -2.30. The Bertz CT molecular complexity index is 872. The highest BCUT2D eigenvalue weighted by atomic mass is 32.2. The fraction of sp³-hybridized carbons (Fsp3) is 0.250. The largest absolute Gasteiger partial charge is 0.382 e. The highest BCUT2D eigenvalue weighted by molar-refractivity contribution is 7.89. The normalized spacial score (nSPS) is 11.2. The van der Waals surface area contributed by atoms with Gasteiger partial charge in [0.2, 0.25) is 10.0 Å². The predicted molar refractivity (Wildman–Crippen MR) is 110 cm³/mol. The second-order valence-corrected chi connectivity index (χ2v) is 7.75. The smallest absolute Gasteiger partial charge is 0.255 e. The molecule has 2 N–H and O–H groups in total. The van der Waals surface area contributed by atoms with Crippen molar-refractivity contribution in [3.8, 4) is 0 Å². The Morgan fingerprint density at radius 3 is 2.07 bits per heavy atom. The number of hydrogen-bond acceptors (Lipinski definition) is 4. The van der Waals surface area contributed by atoms with Crippen LogP contribution in [0.1, 0.15) is 24.2 Å². The van der Waals surface area contributed by atoms with Crippen molar-refractivity contribution in [1.82, 2.24) is 4.31 Å². The van der Waals surface area contributed by atoms with Crippen LogP contribution in [0.3, 0.4) is 0 Å². The summed E-state index contributed by atoms with van der Waals surface area (Å²) in [6, 6.07) is 13.3. The lowest BCUT2D eigenvalue weighted by atomic mass is 10.2. The monoisotopic (exact) mass is 387 g/mol. The molecule has 0 fully saturated rings. The van der Waals surface area contributed by atoms with Gasteiger partial charge in [-0.25, -0.2) is 8.42 Å². The molecule has 0 bridgehead atoms. The van der Waals surface area contributed by atoms with Gasteiger partial charge in [-0.1, -0.05) is 19.9 Å². The van der Waals surface area contributed by atoms with Crippen molar-refractivity contribution in [1.29, 1.82) is 0 Å². The molecule has 0 aliphatic carbocycles. The Balaban J connectivity index is 2.08. The van der Waals surface area contributed by atoms with Crippen LogP contribution in [-0.4, -0.2) is 38.3 Å². The van der Waals surface area contributed by atoms with Gasteiger partial charge in [0.1, 0.15) is 0 Å². The average molecular weight is 388 g/mol. The molecule has 7 heteroatoms. The van der Waals surface area contributed by atoms with E-state index in [2.05, 4.69) is 17.2 Å². The molecule has 1 amide bonds. The van der Waals surface area contributed by atoms with E-state index in [1.54, 1.807) is 32.1 Å². The Morgan fingerprint density at radius 1 is 1.00 bits per heavy atom. The zero-order chi connectivity index (χ0) is 19.9. The van der Waals surface area contributed by atoms with Gasteiger partial charge in [0, 0.05) is 36.6 Å². The first-order chi connectivity index (χ1) is 12.9. The zero-order valence-corrected chi connectivity index (χ0v) is 16.4. The van der Waals surface area contributed by atoms with E-state index < -0.39 is 10.0 Å². The van der Waals surface area contributed by atoms with E-state index in [1.807, 2.05) is 12.1 Å². The topological polar surface area (TPSA) is 78.5 Å². The van der Waals surface area contributed by atoms with Crippen LogP contribution < -0.4 is 10.6 Å². The molecule has 2 aromatic carbocycles. The number of rotatable bonds is 9. The van der Waals surface area contributed by atoms with Crippen LogP contribution in [0.5, 0.6) is 0 Å². The molecule has 0 saturated carbocycles. The standard InChI is InChI=1S/C20H25N3O3S/c1-4-15-21-17-9-11-18(12-10-17)22-20(24)16-7-13-19(14-8-16)27(25,26)23(5-2)6-3/h4,7-14,21H,1,5-6,15H2,2-3H3,(H,22,24). The van der Waals surface area contributed by atoms with Gasteiger partial charge >= 0.3 is 0 Å². The molecule has 0 aromatic heterocycles. The Kier molecular flexibility index (Phi) is 7.15. The van der Waals surface area contributed by atoms with Gasteiger partial charge in [0.05, 0.1) is 4.90 Å². The van der Waals surface area contributed by atoms with E-state index in [1.165, 1.54) is 28.6 Å². The van der Waals surface area contributed by atoms with Crippen molar-refractivity contribution in [2.24, 2.45) is 0 Å². The van der Waals surface area contributed by atoms with Gasteiger partial charge < -0.3 is 10.6 Å². The number of sulfonamides is 1. The summed E-state index contributed by atoms with van der Waals surface area (Å²) in [7, 11) is -3.53. The van der Waals surface area contributed by atoms with E-state index in [9.17, 15) is 13.2 Å². The van der Waals surface area contributed by atoms with Crippen molar-refractivity contribution in [3.63, 3.8) is 0 Å². The summed E-state index contributed by atoms with van der Waals surface area (Å²) < 4.78 is 26.4. The highest BCUT2D eigenvalue weighted by Crippen LogP contribution is 2.18. The molecule has 0 heterocycles. The molecule has 0 aliphatic heterocycles. The number of nitrogens with one attached hydrogen (secondary N) is 2. The lowest BCUT2D eigenvalue weighted by molar-refractivity contribution is 0.102. The molecule has 2 aromatic rings. The maximum absolute atomic E-state index is 12.5. The van der Waals surface area contributed by atoms with E-state index >= 15 is 0 Å². The van der Waals surface area contributed by atoms with Crippen molar-refractivity contribution in [2.75, 3.05) is 30.3 Å². The molecule has 27 heavy (non-hydrogen) atoms. The maximum Gasteiger partial charge on any atom is 0.255 e. The van der Waals surface area contributed by atoms with E-state index in [0.29, 0.717) is 30.9 Å². The molecule has 2 rings (SSSR count). The van der Waals surface area contributed by atoms with Crippen molar-refractivity contribution in [2.45, 2.75) is 18.7 Å². The molecule has 0 spiro atoms. The summed E-state index contributed by atoms with van der Waals surface area (Å²) in [5.74, 6) is -0.298. The van der Waals surface area contributed by atoms with Gasteiger partial charge in [-0.3, -0.25) is 4.79 Å². The summed E-state index contributed by atoms with van der Waals surface area (Å²) in [4.78, 5) is 12.6. The minimum atomic E-state index is -3.53. The molecule has 0 saturated heterocycles. The highest BCUT2D eigenvalue weighted by Gasteiger charge is 2.21. The Morgan fingerprint density at radius 2 is 1.56 bits per heavy atom. The number of anilines is 2. The van der Waals surface area contributed by atoms with Gasteiger partial charge in [0.15, 0.2) is 0 Å². The fourth-order valence-electron chi connectivity index (χ4n) is 2.56. The molecular formula is C20H25N3O3S. The SMILES string of the molecule is C=CCNc1ccc(NC(=O)c2ccc(S(=O)(=O)N(CC)CC)cc2)cc1. The van der Waals surface area contributed by atoms with E-state index in [0.717, 1.165) is 5.69 Å². The van der Waals surface area contributed by atoms with Crippen LogP contribution in [0.25, 0.3) is 0 Å². The number of hydrogen-bond donors (Lipinski definition) is 2. The van der Waals surface area contributed by atoms with Crippen molar-refractivity contribution >= 4 is 27.3 Å². The minimum Gasteiger partial charge on any atom is -0.382 e. The van der Waals surface area contributed by atoms with Crippen molar-refractivity contribution in [3.05, 3.63) is 66.7 Å². The second-order valence-electron chi connectivity index (χ2n) is 5.81. The summed E-state index contributed by atoms with van der Waals surface area (Å²) in [5.41, 5.74) is 1.98. The van der Waals surface area contributed by atoms with E-state index in [4.69, 9.17) is 0 Å². The lowest BCUT2D eigenvalue weighted by Gasteiger charge is -2.18. The quantitative estimate of drug-likeness (QED) is 0.645. The summed E-state index contributed by atoms with van der Waals surface area (Å²) in [6.07, 6.45) is 1.76. The van der Waals surface area contributed by atoms with Gasteiger partial charge in [0.25, 0.3) is 5.91 Å². The Hall–Kier alpha value is -2.64. The third-order valence-electron chi connectivity index (χ3n) is 4.05. The summed E-state index contributed by atoms with van der Waals surface area (Å²) in [6.45, 7) is 8.70. The first kappa shape index (κ1) is 20.7. The Labute approximate surface area is 161 Å². The second kappa shape index (κ2) is 9.34. The predicted octanol–water partition coefficient (Wildman–Crippen LogP) is 3.57. The number of carbonyl (C=O) groups excluding carboxylic acids is 1. The van der Waals surface area contributed by atoms with Gasteiger partial charge in [-0.15, -0.1) is 6.58 Å². The first-order valence-electron chi connectivity index (χ1n) is 8.78. The molecule has 0 atom stereocenters. The molecule has 0 radical (unpaired) electrons. The number of amides is 1. The van der Waals surface area contributed by atoms with Gasteiger partial charge in [-0.05, 0) is 48.5 Å². The van der Waals surface area contributed by atoms with Crippen LogP contribution in [0.15, 0.2) is 66.1 Å². The van der Waals surface area contributed by atoms with Gasteiger partial charge in [-0.2, -0.15) is 4.31 Å². The molecule has 0 aliphatic rings. The third kappa shape index (κ3) is 5.18. The summed E-state index contributed by atoms with van der Waals surface area (Å²) >= 11 is 0. The average Bonchev–Trinajstić information content (AvgIpc) is 2.68. The first-order valence-corrected chi connectivity index (χ1v) is 10.2. The number of nitrogens with zero attached hydrogens (tertiary/aromatic N) is 1. The number of benzene rings is 2. The third-order valence-corrected chi connectivity index (χ3v) is 6.12. The fourth-order valence-corrected chi connectivity index (χ4v) is 4.01. The van der Waals surface area contributed by atoms with Crippen molar-refractivity contribution < 1.29 is 13.2 Å². The zero-order valence-electron chi connectivity index (χ0n) is 15.6. The summed E-state index contributed by atoms with van der Waals surface area (Å²) in [5, 5.41) is 5.95. The van der Waals surface area contributed by atoms with Crippen LogP contribution in [0, 0.1) is 0 Å². The van der Waals surface area contributed by atoms with E-state index in [-0.39, 0.29) is 10.8 Å². The van der Waals surface area contributed by atoms with Crippen LogP contribution in [-0.2, 0) is 10.0 Å².